The van der Waals surface area contributed by atoms with Crippen LogP contribution in [0.1, 0.15) is 57.1 Å². The summed E-state index contributed by atoms with van der Waals surface area (Å²) in [7, 11) is 0. The third kappa shape index (κ3) is 6.51. The molecule has 2 atom stereocenters. The van der Waals surface area contributed by atoms with Crippen molar-refractivity contribution < 1.29 is 13.2 Å². The zero-order chi connectivity index (χ0) is 15.9. The van der Waals surface area contributed by atoms with Gasteiger partial charge in [0.2, 0.25) is 0 Å². The topological polar surface area (TPSA) is 26.0 Å². The molecule has 120 valence electrons. The van der Waals surface area contributed by atoms with Gasteiger partial charge in [-0.3, -0.25) is 0 Å². The van der Waals surface area contributed by atoms with Gasteiger partial charge >= 0.3 is 6.18 Å². The van der Waals surface area contributed by atoms with E-state index < -0.39 is 11.7 Å². The van der Waals surface area contributed by atoms with E-state index in [9.17, 15) is 13.2 Å². The molecule has 0 heterocycles. The average molecular weight is 301 g/mol. The molecule has 0 radical (unpaired) electrons. The van der Waals surface area contributed by atoms with Crippen molar-refractivity contribution in [2.24, 2.45) is 11.7 Å². The first-order valence-corrected chi connectivity index (χ1v) is 7.78. The molecule has 0 aromatic heterocycles. The fourth-order valence-corrected chi connectivity index (χ4v) is 2.67. The van der Waals surface area contributed by atoms with Gasteiger partial charge in [0.05, 0.1) is 5.56 Å². The van der Waals surface area contributed by atoms with Crippen LogP contribution in [0.25, 0.3) is 0 Å². The van der Waals surface area contributed by atoms with Crippen molar-refractivity contribution in [3.8, 4) is 0 Å². The number of halogens is 3. The van der Waals surface area contributed by atoms with Gasteiger partial charge < -0.3 is 5.73 Å². The maximum atomic E-state index is 12.7. The summed E-state index contributed by atoms with van der Waals surface area (Å²) in [6.07, 6.45) is 1.69. The third-order valence-corrected chi connectivity index (χ3v) is 3.93. The molecular formula is C17H26F3N. The van der Waals surface area contributed by atoms with Gasteiger partial charge in [-0.05, 0) is 30.4 Å². The lowest BCUT2D eigenvalue weighted by Gasteiger charge is -2.20. The summed E-state index contributed by atoms with van der Waals surface area (Å²) in [5, 5.41) is 0. The Balaban J connectivity index is 2.60. The van der Waals surface area contributed by atoms with E-state index in [1.54, 1.807) is 6.07 Å². The summed E-state index contributed by atoms with van der Waals surface area (Å²) >= 11 is 0. The Morgan fingerprint density at radius 2 is 1.90 bits per heavy atom. The zero-order valence-electron chi connectivity index (χ0n) is 12.9. The highest BCUT2D eigenvalue weighted by atomic mass is 19.4. The van der Waals surface area contributed by atoms with Crippen LogP contribution in [0.2, 0.25) is 0 Å². The fourth-order valence-electron chi connectivity index (χ4n) is 2.67. The summed E-state index contributed by atoms with van der Waals surface area (Å²) in [6.45, 7) is 4.31. The van der Waals surface area contributed by atoms with Crippen molar-refractivity contribution in [2.45, 2.75) is 64.6 Å². The minimum Gasteiger partial charge on any atom is -0.327 e. The number of benzene rings is 1. The van der Waals surface area contributed by atoms with Crippen LogP contribution in [-0.4, -0.2) is 6.04 Å². The molecule has 21 heavy (non-hydrogen) atoms. The van der Waals surface area contributed by atoms with Crippen molar-refractivity contribution in [3.63, 3.8) is 0 Å². The molecule has 1 rings (SSSR count). The Hall–Kier alpha value is -1.03. The van der Waals surface area contributed by atoms with Gasteiger partial charge in [0.15, 0.2) is 0 Å². The monoisotopic (exact) mass is 301 g/mol. The first-order chi connectivity index (χ1) is 9.86. The zero-order valence-corrected chi connectivity index (χ0v) is 12.9. The van der Waals surface area contributed by atoms with Crippen LogP contribution < -0.4 is 5.73 Å². The number of unbranched alkanes of at least 4 members (excludes halogenated alkanes) is 1. The lowest BCUT2D eigenvalue weighted by molar-refractivity contribution is -0.137. The third-order valence-electron chi connectivity index (χ3n) is 3.93. The Labute approximate surface area is 125 Å². The Kier molecular flexibility index (Phi) is 7.23. The van der Waals surface area contributed by atoms with Crippen LogP contribution in [-0.2, 0) is 12.6 Å². The minimum atomic E-state index is -4.28. The Morgan fingerprint density at radius 3 is 2.48 bits per heavy atom. The quantitative estimate of drug-likeness (QED) is 0.703. The van der Waals surface area contributed by atoms with Gasteiger partial charge in [0, 0.05) is 6.04 Å². The number of hydrogen-bond acceptors (Lipinski definition) is 1. The minimum absolute atomic E-state index is 0.0738. The number of rotatable bonds is 8. The molecule has 1 aromatic rings. The second-order valence-corrected chi connectivity index (χ2v) is 5.81. The molecule has 4 heteroatoms. The summed E-state index contributed by atoms with van der Waals surface area (Å²) in [5.74, 6) is 0.575. The molecular weight excluding hydrogens is 275 g/mol. The van der Waals surface area contributed by atoms with Crippen molar-refractivity contribution in [1.82, 2.24) is 0 Å². The van der Waals surface area contributed by atoms with E-state index in [-0.39, 0.29) is 6.04 Å². The summed E-state index contributed by atoms with van der Waals surface area (Å²) in [5.41, 5.74) is 6.21. The molecule has 0 aliphatic heterocycles. The molecule has 0 aliphatic rings. The van der Waals surface area contributed by atoms with Crippen molar-refractivity contribution in [2.75, 3.05) is 0 Å². The van der Waals surface area contributed by atoms with Crippen LogP contribution >= 0.6 is 0 Å². The van der Waals surface area contributed by atoms with E-state index in [0.29, 0.717) is 17.9 Å². The van der Waals surface area contributed by atoms with E-state index in [1.807, 2.05) is 0 Å². The van der Waals surface area contributed by atoms with Gasteiger partial charge in [-0.2, -0.15) is 13.2 Å². The van der Waals surface area contributed by atoms with E-state index in [4.69, 9.17) is 5.73 Å². The predicted octanol–water partition coefficient (Wildman–Crippen LogP) is 5.18. The van der Waals surface area contributed by atoms with Gasteiger partial charge in [-0.15, -0.1) is 0 Å². The summed E-state index contributed by atoms with van der Waals surface area (Å²) in [6, 6.07) is 5.43. The van der Waals surface area contributed by atoms with Crippen molar-refractivity contribution in [3.05, 3.63) is 35.4 Å². The molecule has 1 aromatic carbocycles. The molecule has 0 saturated heterocycles. The van der Waals surface area contributed by atoms with Crippen LogP contribution in [0.4, 0.5) is 13.2 Å². The van der Waals surface area contributed by atoms with Gasteiger partial charge in [-0.25, -0.2) is 0 Å². The van der Waals surface area contributed by atoms with Gasteiger partial charge in [-0.1, -0.05) is 57.7 Å². The summed E-state index contributed by atoms with van der Waals surface area (Å²) in [4.78, 5) is 0. The van der Waals surface area contributed by atoms with Crippen LogP contribution in [0, 0.1) is 5.92 Å². The van der Waals surface area contributed by atoms with Crippen LogP contribution in [0.15, 0.2) is 24.3 Å². The van der Waals surface area contributed by atoms with E-state index in [0.717, 1.165) is 25.3 Å². The molecule has 0 aliphatic carbocycles. The second kappa shape index (κ2) is 8.42. The average Bonchev–Trinajstić information content (AvgIpc) is 2.42. The molecule has 0 fully saturated rings. The Bertz CT molecular complexity index is 415. The van der Waals surface area contributed by atoms with E-state index in [1.165, 1.54) is 25.0 Å². The molecule has 2 unspecified atom stereocenters. The molecule has 0 saturated carbocycles. The normalized spacial score (nSPS) is 15.0. The molecule has 0 spiro atoms. The lowest BCUT2D eigenvalue weighted by Crippen LogP contribution is -2.26. The van der Waals surface area contributed by atoms with Crippen molar-refractivity contribution >= 4 is 0 Å². The fraction of sp³-hybridized carbons (Fsp3) is 0.647. The van der Waals surface area contributed by atoms with Gasteiger partial charge in [0.1, 0.15) is 0 Å². The number of hydrogen-bond donors (Lipinski definition) is 1. The highest BCUT2D eigenvalue weighted by molar-refractivity contribution is 5.26. The van der Waals surface area contributed by atoms with Crippen LogP contribution in [0.3, 0.4) is 0 Å². The van der Waals surface area contributed by atoms with Gasteiger partial charge in [0.25, 0.3) is 0 Å². The first kappa shape index (κ1) is 18.0. The van der Waals surface area contributed by atoms with E-state index in [2.05, 4.69) is 13.8 Å². The predicted molar refractivity (Wildman–Crippen MR) is 81.0 cm³/mol. The standard InChI is InChI=1S/C17H26F3N/c1-3-5-7-13(4-2)11-16(21)12-14-8-6-9-15(10-14)17(18,19)20/h6,8-10,13,16H,3-5,7,11-12,21H2,1-2H3. The number of nitrogens with two attached hydrogens (primary N) is 1. The first-order valence-electron chi connectivity index (χ1n) is 7.78. The summed E-state index contributed by atoms with van der Waals surface area (Å²) < 4.78 is 38.0. The maximum absolute atomic E-state index is 12.7. The molecule has 2 N–H and O–H groups in total. The van der Waals surface area contributed by atoms with Crippen LogP contribution in [0.5, 0.6) is 0 Å². The van der Waals surface area contributed by atoms with Crippen molar-refractivity contribution in [1.29, 1.82) is 0 Å². The Morgan fingerprint density at radius 1 is 1.19 bits per heavy atom. The van der Waals surface area contributed by atoms with E-state index >= 15 is 0 Å². The smallest absolute Gasteiger partial charge is 0.327 e. The second-order valence-electron chi connectivity index (χ2n) is 5.81. The lowest BCUT2D eigenvalue weighted by atomic mass is 9.90. The highest BCUT2D eigenvalue weighted by Gasteiger charge is 2.30. The molecule has 0 bridgehead atoms. The number of alkyl halides is 3. The SMILES string of the molecule is CCCCC(CC)CC(N)Cc1cccc(C(F)(F)F)c1. The highest BCUT2D eigenvalue weighted by Crippen LogP contribution is 2.30. The maximum Gasteiger partial charge on any atom is 0.416 e. The molecule has 1 nitrogen and oxygen atoms in total. The molecule has 0 amide bonds. The largest absolute Gasteiger partial charge is 0.416 e.